The standard InChI is InChI=1S/C13H17NO2S/c1-9-5-6-13(17-9)10(2)14-8-11(15)12-4-3-7-16-12/h3-7,10-11,14-15H,8H2,1-2H3. The molecule has 0 aliphatic heterocycles. The van der Waals surface area contributed by atoms with Crippen molar-refractivity contribution < 1.29 is 9.52 Å². The summed E-state index contributed by atoms with van der Waals surface area (Å²) in [6.45, 7) is 4.68. The molecule has 2 heterocycles. The fourth-order valence-corrected chi connectivity index (χ4v) is 2.56. The second kappa shape index (κ2) is 5.49. The molecule has 0 fully saturated rings. The predicted molar refractivity (Wildman–Crippen MR) is 69.1 cm³/mol. The second-order valence-electron chi connectivity index (χ2n) is 4.11. The Hall–Kier alpha value is -1.10. The van der Waals surface area contributed by atoms with E-state index in [0.717, 1.165) is 0 Å². The molecule has 2 rings (SSSR count). The van der Waals surface area contributed by atoms with Crippen LogP contribution in [0.3, 0.4) is 0 Å². The molecule has 17 heavy (non-hydrogen) atoms. The van der Waals surface area contributed by atoms with Gasteiger partial charge < -0.3 is 14.8 Å². The maximum absolute atomic E-state index is 9.86. The van der Waals surface area contributed by atoms with Gasteiger partial charge in [-0.25, -0.2) is 0 Å². The molecule has 2 unspecified atom stereocenters. The molecular weight excluding hydrogens is 234 g/mol. The van der Waals surface area contributed by atoms with E-state index >= 15 is 0 Å². The van der Waals surface area contributed by atoms with Crippen LogP contribution in [0.4, 0.5) is 0 Å². The number of aryl methyl sites for hydroxylation is 1. The van der Waals surface area contributed by atoms with Gasteiger partial charge >= 0.3 is 0 Å². The molecule has 0 aliphatic rings. The Morgan fingerprint density at radius 3 is 2.82 bits per heavy atom. The molecule has 2 aromatic rings. The molecular formula is C13H17NO2S. The zero-order chi connectivity index (χ0) is 12.3. The van der Waals surface area contributed by atoms with Crippen molar-refractivity contribution in [1.82, 2.24) is 5.32 Å². The summed E-state index contributed by atoms with van der Waals surface area (Å²) in [6.07, 6.45) is 0.985. The maximum Gasteiger partial charge on any atom is 0.133 e. The topological polar surface area (TPSA) is 45.4 Å². The first-order valence-corrected chi connectivity index (χ1v) is 6.49. The van der Waals surface area contributed by atoms with Crippen molar-refractivity contribution in [2.45, 2.75) is 26.0 Å². The molecule has 92 valence electrons. The minimum Gasteiger partial charge on any atom is -0.467 e. The summed E-state index contributed by atoms with van der Waals surface area (Å²) in [5.41, 5.74) is 0. The quantitative estimate of drug-likeness (QED) is 0.858. The highest BCUT2D eigenvalue weighted by molar-refractivity contribution is 7.12. The van der Waals surface area contributed by atoms with Crippen LogP contribution in [-0.2, 0) is 0 Å². The van der Waals surface area contributed by atoms with Crippen molar-refractivity contribution in [1.29, 1.82) is 0 Å². The summed E-state index contributed by atoms with van der Waals surface area (Å²) in [7, 11) is 0. The van der Waals surface area contributed by atoms with E-state index in [9.17, 15) is 5.11 Å². The molecule has 0 amide bonds. The highest BCUT2D eigenvalue weighted by atomic mass is 32.1. The Morgan fingerprint density at radius 2 is 2.24 bits per heavy atom. The lowest BCUT2D eigenvalue weighted by Crippen LogP contribution is -2.23. The van der Waals surface area contributed by atoms with Crippen molar-refractivity contribution in [3.8, 4) is 0 Å². The Morgan fingerprint density at radius 1 is 1.41 bits per heavy atom. The first kappa shape index (κ1) is 12.4. The average Bonchev–Trinajstić information content (AvgIpc) is 2.95. The van der Waals surface area contributed by atoms with Crippen molar-refractivity contribution >= 4 is 11.3 Å². The normalized spacial score (nSPS) is 14.8. The summed E-state index contributed by atoms with van der Waals surface area (Å²) in [5.74, 6) is 0.604. The number of aliphatic hydroxyl groups excluding tert-OH is 1. The summed E-state index contributed by atoms with van der Waals surface area (Å²) >= 11 is 1.78. The van der Waals surface area contributed by atoms with Crippen LogP contribution >= 0.6 is 11.3 Å². The van der Waals surface area contributed by atoms with Crippen LogP contribution in [-0.4, -0.2) is 11.7 Å². The van der Waals surface area contributed by atoms with Gasteiger partial charge in [-0.05, 0) is 38.1 Å². The highest BCUT2D eigenvalue weighted by Gasteiger charge is 2.13. The van der Waals surface area contributed by atoms with Gasteiger partial charge in [-0.3, -0.25) is 0 Å². The number of hydrogen-bond donors (Lipinski definition) is 2. The summed E-state index contributed by atoms with van der Waals surface area (Å²) in [6, 6.07) is 8.05. The molecule has 2 atom stereocenters. The van der Waals surface area contributed by atoms with E-state index in [-0.39, 0.29) is 6.04 Å². The zero-order valence-electron chi connectivity index (χ0n) is 10.0. The average molecular weight is 251 g/mol. The zero-order valence-corrected chi connectivity index (χ0v) is 10.8. The molecule has 0 spiro atoms. The van der Waals surface area contributed by atoms with Gasteiger partial charge in [0, 0.05) is 22.3 Å². The minimum absolute atomic E-state index is 0.248. The predicted octanol–water partition coefficient (Wildman–Crippen LogP) is 3.03. The molecule has 2 N–H and O–H groups in total. The van der Waals surface area contributed by atoms with Crippen molar-refractivity contribution in [3.63, 3.8) is 0 Å². The minimum atomic E-state index is -0.589. The van der Waals surface area contributed by atoms with E-state index in [0.29, 0.717) is 12.3 Å². The van der Waals surface area contributed by atoms with Gasteiger partial charge in [0.15, 0.2) is 0 Å². The smallest absolute Gasteiger partial charge is 0.133 e. The van der Waals surface area contributed by atoms with Gasteiger partial charge in [0.05, 0.1) is 6.26 Å². The van der Waals surface area contributed by atoms with Crippen LogP contribution < -0.4 is 5.32 Å². The van der Waals surface area contributed by atoms with Crippen molar-refractivity contribution in [2.75, 3.05) is 6.54 Å². The summed E-state index contributed by atoms with van der Waals surface area (Å²) < 4.78 is 5.15. The van der Waals surface area contributed by atoms with E-state index in [1.807, 2.05) is 0 Å². The molecule has 0 saturated carbocycles. The van der Waals surface area contributed by atoms with Gasteiger partial charge in [0.2, 0.25) is 0 Å². The monoisotopic (exact) mass is 251 g/mol. The molecule has 0 bridgehead atoms. The Labute approximate surface area is 105 Å². The van der Waals surface area contributed by atoms with Crippen molar-refractivity contribution in [2.24, 2.45) is 0 Å². The van der Waals surface area contributed by atoms with Crippen molar-refractivity contribution in [3.05, 3.63) is 46.0 Å². The third-order valence-electron chi connectivity index (χ3n) is 2.68. The van der Waals surface area contributed by atoms with Gasteiger partial charge in [-0.1, -0.05) is 0 Å². The Balaban J connectivity index is 1.86. The van der Waals surface area contributed by atoms with Crippen LogP contribution in [0.1, 0.15) is 34.6 Å². The number of furan rings is 1. The van der Waals surface area contributed by atoms with Crippen LogP contribution in [0.5, 0.6) is 0 Å². The highest BCUT2D eigenvalue weighted by Crippen LogP contribution is 2.23. The van der Waals surface area contributed by atoms with Crippen LogP contribution in [0.25, 0.3) is 0 Å². The lowest BCUT2D eigenvalue weighted by atomic mass is 10.2. The molecule has 0 aromatic carbocycles. The van der Waals surface area contributed by atoms with Gasteiger partial charge in [-0.15, -0.1) is 11.3 Å². The number of rotatable bonds is 5. The lowest BCUT2D eigenvalue weighted by molar-refractivity contribution is 0.144. The van der Waals surface area contributed by atoms with E-state index in [1.54, 1.807) is 29.7 Å². The summed E-state index contributed by atoms with van der Waals surface area (Å²) in [5, 5.41) is 13.2. The van der Waals surface area contributed by atoms with Crippen LogP contribution in [0.15, 0.2) is 34.9 Å². The largest absolute Gasteiger partial charge is 0.467 e. The number of nitrogens with one attached hydrogen (secondary N) is 1. The fourth-order valence-electron chi connectivity index (χ4n) is 1.66. The third kappa shape index (κ3) is 3.19. The lowest BCUT2D eigenvalue weighted by Gasteiger charge is -2.14. The van der Waals surface area contributed by atoms with Gasteiger partial charge in [-0.2, -0.15) is 0 Å². The SMILES string of the molecule is Cc1ccc(C(C)NCC(O)c2ccco2)s1. The molecule has 0 aliphatic carbocycles. The molecule has 0 radical (unpaired) electrons. The summed E-state index contributed by atoms with van der Waals surface area (Å²) in [4.78, 5) is 2.59. The first-order valence-electron chi connectivity index (χ1n) is 5.68. The van der Waals surface area contributed by atoms with Gasteiger partial charge in [0.25, 0.3) is 0 Å². The molecule has 2 aromatic heterocycles. The molecule has 3 nitrogen and oxygen atoms in total. The van der Waals surface area contributed by atoms with E-state index < -0.39 is 6.10 Å². The van der Waals surface area contributed by atoms with Crippen LogP contribution in [0, 0.1) is 6.92 Å². The van der Waals surface area contributed by atoms with E-state index in [1.165, 1.54) is 9.75 Å². The third-order valence-corrected chi connectivity index (χ3v) is 3.86. The number of aliphatic hydroxyl groups is 1. The molecule has 0 saturated heterocycles. The van der Waals surface area contributed by atoms with Crippen LogP contribution in [0.2, 0.25) is 0 Å². The fraction of sp³-hybridized carbons (Fsp3) is 0.385. The Kier molecular flexibility index (Phi) is 3.99. The second-order valence-corrected chi connectivity index (χ2v) is 5.43. The number of thiophene rings is 1. The first-order chi connectivity index (χ1) is 8.16. The molecule has 4 heteroatoms. The van der Waals surface area contributed by atoms with E-state index in [2.05, 4.69) is 31.3 Å². The number of hydrogen-bond acceptors (Lipinski definition) is 4. The maximum atomic E-state index is 9.86. The Bertz CT molecular complexity index is 450. The van der Waals surface area contributed by atoms with E-state index in [4.69, 9.17) is 4.42 Å². The van der Waals surface area contributed by atoms with Gasteiger partial charge in [0.1, 0.15) is 11.9 Å².